The highest BCUT2D eigenvalue weighted by atomic mass is 32.2. The minimum absolute atomic E-state index is 0.0142. The molecule has 178 valence electrons. The summed E-state index contributed by atoms with van der Waals surface area (Å²) in [5.41, 5.74) is 6.32. The lowest BCUT2D eigenvalue weighted by Crippen LogP contribution is -2.25. The van der Waals surface area contributed by atoms with Gasteiger partial charge in [-0.3, -0.25) is 4.79 Å². The second-order valence-corrected chi connectivity index (χ2v) is 9.73. The summed E-state index contributed by atoms with van der Waals surface area (Å²) in [7, 11) is 0. The Bertz CT molecular complexity index is 1290. The Morgan fingerprint density at radius 1 is 0.886 bits per heavy atom. The highest BCUT2D eigenvalue weighted by Gasteiger charge is 2.18. The second-order valence-electron chi connectivity index (χ2n) is 8.78. The molecule has 2 heterocycles. The molecule has 0 saturated heterocycles. The molecule has 6 nitrogen and oxygen atoms in total. The van der Waals surface area contributed by atoms with Crippen molar-refractivity contribution in [2.75, 3.05) is 17.2 Å². The minimum Gasteiger partial charge on any atom is -0.367 e. The highest BCUT2D eigenvalue weighted by Crippen LogP contribution is 2.28. The number of anilines is 1. The molecule has 4 aromatic rings. The molecule has 0 fully saturated rings. The van der Waals surface area contributed by atoms with Crippen molar-refractivity contribution < 1.29 is 4.79 Å². The molecule has 0 radical (unpaired) electrons. The second kappa shape index (κ2) is 10.8. The van der Waals surface area contributed by atoms with Crippen LogP contribution in [0.25, 0.3) is 0 Å². The summed E-state index contributed by atoms with van der Waals surface area (Å²) in [6.07, 6.45) is 1.11. The number of nitrogens with one attached hydrogen (secondary N) is 1. The molecule has 5 rings (SSSR count). The molecular weight excluding hydrogens is 454 g/mol. The predicted molar refractivity (Wildman–Crippen MR) is 141 cm³/mol. The number of aryl methyl sites for hydroxylation is 1. The third-order valence-electron chi connectivity index (χ3n) is 6.29. The lowest BCUT2D eigenvalue weighted by molar-refractivity contribution is -0.118. The van der Waals surface area contributed by atoms with Crippen molar-refractivity contribution in [1.82, 2.24) is 20.1 Å². The molecule has 1 amide bonds. The fraction of sp³-hybridized carbons (Fsp3) is 0.250. The molecule has 1 aromatic heterocycles. The van der Waals surface area contributed by atoms with Crippen LogP contribution in [0.5, 0.6) is 0 Å². The Labute approximate surface area is 210 Å². The number of fused-ring (bicyclic) bond motifs is 1. The molecule has 1 aliphatic rings. The fourth-order valence-electron chi connectivity index (χ4n) is 4.35. The van der Waals surface area contributed by atoms with Gasteiger partial charge in [-0.05, 0) is 41.7 Å². The molecule has 35 heavy (non-hydrogen) atoms. The van der Waals surface area contributed by atoms with Crippen LogP contribution in [0, 0.1) is 6.92 Å². The van der Waals surface area contributed by atoms with Crippen LogP contribution in [0.2, 0.25) is 0 Å². The Morgan fingerprint density at radius 3 is 2.43 bits per heavy atom. The van der Waals surface area contributed by atoms with Crippen molar-refractivity contribution >= 4 is 23.4 Å². The topological polar surface area (TPSA) is 63.1 Å². The van der Waals surface area contributed by atoms with Gasteiger partial charge >= 0.3 is 0 Å². The average Bonchev–Trinajstić information content (AvgIpc) is 3.46. The first-order chi connectivity index (χ1) is 17.2. The molecule has 7 heteroatoms. The third kappa shape index (κ3) is 5.74. The number of benzene rings is 3. The Kier molecular flexibility index (Phi) is 7.14. The van der Waals surface area contributed by atoms with E-state index in [2.05, 4.69) is 81.1 Å². The van der Waals surface area contributed by atoms with Crippen molar-refractivity contribution in [3.63, 3.8) is 0 Å². The molecule has 0 spiro atoms. The van der Waals surface area contributed by atoms with Gasteiger partial charge in [0, 0.05) is 25.3 Å². The lowest BCUT2D eigenvalue weighted by atomic mass is 10.1. The maximum absolute atomic E-state index is 12.5. The van der Waals surface area contributed by atoms with Crippen molar-refractivity contribution in [3.8, 4) is 0 Å². The molecule has 1 N–H and O–H groups in total. The van der Waals surface area contributed by atoms with Gasteiger partial charge in [0.2, 0.25) is 5.91 Å². The first-order valence-corrected chi connectivity index (χ1v) is 12.9. The lowest BCUT2D eigenvalue weighted by Gasteiger charge is -2.19. The number of rotatable bonds is 9. The number of amides is 1. The van der Waals surface area contributed by atoms with Gasteiger partial charge in [0.05, 0.1) is 12.3 Å². The summed E-state index contributed by atoms with van der Waals surface area (Å²) >= 11 is 1.42. The van der Waals surface area contributed by atoms with E-state index >= 15 is 0 Å². The maximum atomic E-state index is 12.5. The van der Waals surface area contributed by atoms with Crippen molar-refractivity contribution in [1.29, 1.82) is 0 Å². The van der Waals surface area contributed by atoms with Gasteiger partial charge in [0.25, 0.3) is 0 Å². The monoisotopic (exact) mass is 483 g/mol. The van der Waals surface area contributed by atoms with E-state index in [1.54, 1.807) is 0 Å². The number of aromatic nitrogens is 3. The zero-order chi connectivity index (χ0) is 24.0. The number of hydrogen-bond acceptors (Lipinski definition) is 5. The number of hydrogen-bond donors (Lipinski definition) is 1. The Morgan fingerprint density at radius 2 is 1.60 bits per heavy atom. The zero-order valence-electron chi connectivity index (χ0n) is 19.9. The quantitative estimate of drug-likeness (QED) is 0.353. The summed E-state index contributed by atoms with van der Waals surface area (Å²) < 4.78 is 2.05. The molecular formula is C28H29N5OS. The SMILES string of the molecule is Cc1nnc(SCC(=O)NCc2ccc(CN3CCc4ccccc43)cc2)n1Cc1ccccc1. The van der Waals surface area contributed by atoms with E-state index < -0.39 is 0 Å². The van der Waals surface area contributed by atoms with Crippen molar-refractivity contribution in [2.24, 2.45) is 0 Å². The minimum atomic E-state index is -0.0142. The zero-order valence-corrected chi connectivity index (χ0v) is 20.7. The summed E-state index contributed by atoms with van der Waals surface area (Å²) in [5.74, 6) is 1.13. The molecule has 0 aliphatic carbocycles. The summed E-state index contributed by atoms with van der Waals surface area (Å²) in [6, 6.07) is 27.4. The van der Waals surface area contributed by atoms with E-state index in [-0.39, 0.29) is 5.91 Å². The van der Waals surface area contributed by atoms with Crippen molar-refractivity contribution in [2.45, 2.75) is 38.1 Å². The van der Waals surface area contributed by atoms with Crippen LogP contribution in [-0.4, -0.2) is 33.0 Å². The molecule has 0 atom stereocenters. The molecule has 3 aromatic carbocycles. The summed E-state index contributed by atoms with van der Waals surface area (Å²) in [5, 5.41) is 12.2. The number of carbonyl (C=O) groups is 1. The molecule has 0 unspecified atom stereocenters. The van der Waals surface area contributed by atoms with Crippen LogP contribution in [0.1, 0.15) is 28.1 Å². The molecule has 0 bridgehead atoms. The van der Waals surface area contributed by atoms with Crippen LogP contribution in [0.3, 0.4) is 0 Å². The van der Waals surface area contributed by atoms with Gasteiger partial charge in [0.15, 0.2) is 5.16 Å². The van der Waals surface area contributed by atoms with Gasteiger partial charge in [-0.25, -0.2) is 0 Å². The summed E-state index contributed by atoms with van der Waals surface area (Å²) in [6.45, 7) is 5.12. The number of carbonyl (C=O) groups excluding carboxylic acids is 1. The maximum Gasteiger partial charge on any atom is 0.230 e. The molecule has 0 saturated carbocycles. The standard InChI is InChI=1S/C28H29N5OS/c1-21-30-31-28(33(21)19-23-7-3-2-4-8-23)35-20-27(34)29-17-22-11-13-24(14-12-22)18-32-16-15-25-9-5-6-10-26(25)32/h2-14H,15-20H2,1H3,(H,29,34). The smallest absolute Gasteiger partial charge is 0.230 e. The molecule has 1 aliphatic heterocycles. The fourth-order valence-corrected chi connectivity index (χ4v) is 5.17. The van der Waals surface area contributed by atoms with E-state index in [0.29, 0.717) is 18.8 Å². The van der Waals surface area contributed by atoms with Crippen molar-refractivity contribution in [3.05, 3.63) is 107 Å². The number of thioether (sulfide) groups is 1. The number of para-hydroxylation sites is 1. The third-order valence-corrected chi connectivity index (χ3v) is 7.25. The van der Waals surface area contributed by atoms with E-state index in [1.165, 1.54) is 34.1 Å². The van der Waals surface area contributed by atoms with Crippen LogP contribution >= 0.6 is 11.8 Å². The number of nitrogens with zero attached hydrogens (tertiary/aromatic N) is 4. The van der Waals surface area contributed by atoms with Gasteiger partial charge in [-0.1, -0.05) is 84.6 Å². The first kappa shape index (κ1) is 23.2. The van der Waals surface area contributed by atoms with Crippen LogP contribution in [-0.2, 0) is 30.8 Å². The van der Waals surface area contributed by atoms with E-state index in [9.17, 15) is 4.79 Å². The van der Waals surface area contributed by atoms with Gasteiger partial charge in [-0.15, -0.1) is 10.2 Å². The largest absolute Gasteiger partial charge is 0.367 e. The van der Waals surface area contributed by atoms with E-state index in [4.69, 9.17) is 0 Å². The average molecular weight is 484 g/mol. The van der Waals surface area contributed by atoms with Gasteiger partial charge in [-0.2, -0.15) is 0 Å². The Hall–Kier alpha value is -3.58. The van der Waals surface area contributed by atoms with Crippen LogP contribution in [0.15, 0.2) is 84.0 Å². The van der Waals surface area contributed by atoms with Crippen LogP contribution in [0.4, 0.5) is 5.69 Å². The van der Waals surface area contributed by atoms with Crippen LogP contribution < -0.4 is 10.2 Å². The van der Waals surface area contributed by atoms with E-state index in [0.717, 1.165) is 36.1 Å². The normalized spacial score (nSPS) is 12.5. The predicted octanol–water partition coefficient (Wildman–Crippen LogP) is 4.61. The van der Waals surface area contributed by atoms with Gasteiger partial charge in [0.1, 0.15) is 5.82 Å². The Balaban J connectivity index is 1.10. The highest BCUT2D eigenvalue weighted by molar-refractivity contribution is 7.99. The van der Waals surface area contributed by atoms with E-state index in [1.807, 2.05) is 29.7 Å². The first-order valence-electron chi connectivity index (χ1n) is 11.9. The summed E-state index contributed by atoms with van der Waals surface area (Å²) in [4.78, 5) is 14.9. The van der Waals surface area contributed by atoms with Gasteiger partial charge < -0.3 is 14.8 Å².